The zero-order valence-electron chi connectivity index (χ0n) is 10.8. The molecule has 1 aliphatic rings. The SMILES string of the molecule is COC(=O)c1oc(CN2CCC(O)CC2)cc1C. The van der Waals surface area contributed by atoms with Crippen LogP contribution >= 0.6 is 0 Å². The molecule has 18 heavy (non-hydrogen) atoms. The number of aliphatic hydroxyl groups excluding tert-OH is 1. The van der Waals surface area contributed by atoms with E-state index < -0.39 is 5.97 Å². The molecule has 1 N–H and O–H groups in total. The molecule has 1 aromatic heterocycles. The first-order chi connectivity index (χ1) is 8.60. The molecular weight excluding hydrogens is 234 g/mol. The first-order valence-corrected chi connectivity index (χ1v) is 6.18. The smallest absolute Gasteiger partial charge is 0.374 e. The molecule has 0 unspecified atom stereocenters. The molecule has 0 amide bonds. The summed E-state index contributed by atoms with van der Waals surface area (Å²) in [5.41, 5.74) is 0.800. The van der Waals surface area contributed by atoms with Gasteiger partial charge in [0.05, 0.1) is 19.8 Å². The van der Waals surface area contributed by atoms with Crippen molar-refractivity contribution in [3.8, 4) is 0 Å². The van der Waals surface area contributed by atoms with Gasteiger partial charge in [-0.1, -0.05) is 0 Å². The summed E-state index contributed by atoms with van der Waals surface area (Å²) in [5.74, 6) is 0.613. The number of piperidine rings is 1. The Morgan fingerprint density at radius 1 is 1.56 bits per heavy atom. The number of rotatable bonds is 3. The summed E-state index contributed by atoms with van der Waals surface area (Å²) < 4.78 is 10.2. The molecule has 1 saturated heterocycles. The van der Waals surface area contributed by atoms with E-state index >= 15 is 0 Å². The predicted octanol–water partition coefficient (Wildman–Crippen LogP) is 1.33. The topological polar surface area (TPSA) is 62.9 Å². The molecule has 0 bridgehead atoms. The van der Waals surface area contributed by atoms with Crippen LogP contribution < -0.4 is 0 Å². The molecule has 0 atom stereocenters. The maximum absolute atomic E-state index is 11.4. The number of aliphatic hydroxyl groups is 1. The highest BCUT2D eigenvalue weighted by Gasteiger charge is 2.20. The van der Waals surface area contributed by atoms with Crippen LogP contribution in [0, 0.1) is 6.92 Å². The molecule has 0 aromatic carbocycles. The first-order valence-electron chi connectivity index (χ1n) is 6.18. The van der Waals surface area contributed by atoms with Crippen LogP contribution in [0.3, 0.4) is 0 Å². The molecule has 1 aromatic rings. The van der Waals surface area contributed by atoms with Crippen molar-refractivity contribution in [3.63, 3.8) is 0 Å². The highest BCUT2D eigenvalue weighted by Crippen LogP contribution is 2.19. The van der Waals surface area contributed by atoms with Crippen molar-refractivity contribution in [1.29, 1.82) is 0 Å². The van der Waals surface area contributed by atoms with Gasteiger partial charge in [0, 0.05) is 18.7 Å². The van der Waals surface area contributed by atoms with Gasteiger partial charge in [0.25, 0.3) is 0 Å². The number of methoxy groups -OCH3 is 1. The molecule has 1 aliphatic heterocycles. The number of esters is 1. The molecule has 2 rings (SSSR count). The van der Waals surface area contributed by atoms with Crippen molar-refractivity contribution in [2.24, 2.45) is 0 Å². The van der Waals surface area contributed by atoms with Gasteiger partial charge in [0.15, 0.2) is 0 Å². The summed E-state index contributed by atoms with van der Waals surface area (Å²) >= 11 is 0. The highest BCUT2D eigenvalue weighted by atomic mass is 16.5. The fourth-order valence-electron chi connectivity index (χ4n) is 2.22. The van der Waals surface area contributed by atoms with Gasteiger partial charge in [-0.3, -0.25) is 4.90 Å². The second-order valence-corrected chi connectivity index (χ2v) is 4.72. The van der Waals surface area contributed by atoms with Gasteiger partial charge in [-0.25, -0.2) is 4.79 Å². The van der Waals surface area contributed by atoms with Gasteiger partial charge in [-0.05, 0) is 25.8 Å². The third-order valence-corrected chi connectivity index (χ3v) is 3.28. The van der Waals surface area contributed by atoms with Crippen molar-refractivity contribution in [2.45, 2.75) is 32.4 Å². The molecule has 1 fully saturated rings. The number of nitrogens with zero attached hydrogens (tertiary/aromatic N) is 1. The zero-order valence-corrected chi connectivity index (χ0v) is 10.8. The first kappa shape index (κ1) is 13.1. The second-order valence-electron chi connectivity index (χ2n) is 4.72. The van der Waals surface area contributed by atoms with Gasteiger partial charge in [0.1, 0.15) is 5.76 Å². The number of furan rings is 1. The van der Waals surface area contributed by atoms with Gasteiger partial charge in [0.2, 0.25) is 5.76 Å². The molecule has 0 radical (unpaired) electrons. The van der Waals surface area contributed by atoms with Crippen molar-refractivity contribution < 1.29 is 19.1 Å². The van der Waals surface area contributed by atoms with Crippen molar-refractivity contribution in [3.05, 3.63) is 23.2 Å². The molecule has 2 heterocycles. The molecule has 5 heteroatoms. The second kappa shape index (κ2) is 5.54. The predicted molar refractivity (Wildman–Crippen MR) is 65.3 cm³/mol. The van der Waals surface area contributed by atoms with Crippen LogP contribution in [-0.4, -0.2) is 42.3 Å². The minimum absolute atomic E-state index is 0.176. The van der Waals surface area contributed by atoms with Crippen LogP contribution in [0.4, 0.5) is 0 Å². The third-order valence-electron chi connectivity index (χ3n) is 3.28. The highest BCUT2D eigenvalue weighted by molar-refractivity contribution is 5.87. The van der Waals surface area contributed by atoms with E-state index in [-0.39, 0.29) is 11.9 Å². The Balaban J connectivity index is 2.00. The number of ether oxygens (including phenoxy) is 1. The van der Waals surface area contributed by atoms with E-state index in [1.807, 2.05) is 13.0 Å². The Kier molecular flexibility index (Phi) is 4.04. The maximum atomic E-state index is 11.4. The number of likely N-dealkylation sites (tertiary alicyclic amines) is 1. The van der Waals surface area contributed by atoms with Gasteiger partial charge in [-0.2, -0.15) is 0 Å². The lowest BCUT2D eigenvalue weighted by Gasteiger charge is -2.28. The average molecular weight is 253 g/mol. The third kappa shape index (κ3) is 2.91. The number of aryl methyl sites for hydroxylation is 1. The fourth-order valence-corrected chi connectivity index (χ4v) is 2.22. The summed E-state index contributed by atoms with van der Waals surface area (Å²) in [6.45, 7) is 4.21. The monoisotopic (exact) mass is 253 g/mol. The maximum Gasteiger partial charge on any atom is 0.374 e. The molecule has 0 spiro atoms. The number of carbonyl (C=O) groups is 1. The van der Waals surface area contributed by atoms with E-state index in [9.17, 15) is 9.90 Å². The van der Waals surface area contributed by atoms with E-state index in [1.165, 1.54) is 7.11 Å². The largest absolute Gasteiger partial charge is 0.463 e. The molecular formula is C13H19NO4. The average Bonchev–Trinajstić information content (AvgIpc) is 2.72. The van der Waals surface area contributed by atoms with Crippen LogP contribution in [0.2, 0.25) is 0 Å². The van der Waals surface area contributed by atoms with Crippen LogP contribution in [0.5, 0.6) is 0 Å². The van der Waals surface area contributed by atoms with E-state index in [0.29, 0.717) is 6.54 Å². The summed E-state index contributed by atoms with van der Waals surface area (Å²) in [7, 11) is 1.34. The van der Waals surface area contributed by atoms with Gasteiger partial charge >= 0.3 is 5.97 Å². The van der Waals surface area contributed by atoms with Gasteiger partial charge < -0.3 is 14.3 Å². The van der Waals surface area contributed by atoms with E-state index in [2.05, 4.69) is 9.64 Å². The van der Waals surface area contributed by atoms with E-state index in [1.54, 1.807) is 0 Å². The van der Waals surface area contributed by atoms with Crippen LogP contribution in [0.1, 0.15) is 34.7 Å². The Labute approximate surface area is 106 Å². The van der Waals surface area contributed by atoms with Crippen LogP contribution in [0.25, 0.3) is 0 Å². The molecule has 5 nitrogen and oxygen atoms in total. The molecule has 100 valence electrons. The Bertz CT molecular complexity index is 419. The molecule has 0 aliphatic carbocycles. The normalized spacial score (nSPS) is 17.9. The minimum atomic E-state index is -0.437. The summed E-state index contributed by atoms with van der Waals surface area (Å²) in [4.78, 5) is 13.6. The summed E-state index contributed by atoms with van der Waals surface area (Å²) in [6, 6.07) is 1.87. The lowest BCUT2D eigenvalue weighted by molar-refractivity contribution is 0.0555. The quantitative estimate of drug-likeness (QED) is 0.823. The van der Waals surface area contributed by atoms with E-state index in [4.69, 9.17) is 4.42 Å². The number of carbonyl (C=O) groups excluding carboxylic acids is 1. The Hall–Kier alpha value is -1.33. The minimum Gasteiger partial charge on any atom is -0.463 e. The van der Waals surface area contributed by atoms with Crippen molar-refractivity contribution in [1.82, 2.24) is 4.90 Å². The summed E-state index contributed by atoms with van der Waals surface area (Å²) in [5, 5.41) is 9.43. The standard InChI is InChI=1S/C13H19NO4/c1-9-7-11(18-12(9)13(16)17-2)8-14-5-3-10(15)4-6-14/h7,10,15H,3-6,8H2,1-2H3. The van der Waals surface area contributed by atoms with Crippen LogP contribution in [0.15, 0.2) is 10.5 Å². The van der Waals surface area contributed by atoms with Gasteiger partial charge in [-0.15, -0.1) is 0 Å². The summed E-state index contributed by atoms with van der Waals surface area (Å²) in [6.07, 6.45) is 1.41. The Morgan fingerprint density at radius 2 is 2.22 bits per heavy atom. The number of hydrogen-bond acceptors (Lipinski definition) is 5. The van der Waals surface area contributed by atoms with Crippen molar-refractivity contribution >= 4 is 5.97 Å². The molecule has 0 saturated carbocycles. The lowest BCUT2D eigenvalue weighted by atomic mass is 10.1. The zero-order chi connectivity index (χ0) is 13.1. The number of hydrogen-bond donors (Lipinski definition) is 1. The van der Waals surface area contributed by atoms with Crippen molar-refractivity contribution in [2.75, 3.05) is 20.2 Å². The van der Waals surface area contributed by atoms with E-state index in [0.717, 1.165) is 37.3 Å². The fraction of sp³-hybridized carbons (Fsp3) is 0.615. The van der Waals surface area contributed by atoms with Crippen LogP contribution in [-0.2, 0) is 11.3 Å². The Morgan fingerprint density at radius 3 is 2.83 bits per heavy atom. The lowest BCUT2D eigenvalue weighted by Crippen LogP contribution is -2.35.